The Balaban J connectivity index is 2.35. The summed E-state index contributed by atoms with van der Waals surface area (Å²) in [4.78, 5) is 0. The minimum atomic E-state index is -0.198. The summed E-state index contributed by atoms with van der Waals surface area (Å²) < 4.78 is 1.99. The molecule has 0 spiro atoms. The normalized spacial score (nSPS) is 11.4. The molecule has 0 aliphatic carbocycles. The fourth-order valence-corrected chi connectivity index (χ4v) is 3.42. The summed E-state index contributed by atoms with van der Waals surface area (Å²) in [7, 11) is 0. The van der Waals surface area contributed by atoms with Crippen LogP contribution in [0, 0.1) is 11.3 Å². The maximum atomic E-state index is 7.24. The van der Waals surface area contributed by atoms with Crippen LogP contribution in [0.2, 0.25) is 5.15 Å². The Morgan fingerprint density at radius 3 is 2.59 bits per heavy atom. The van der Waals surface area contributed by atoms with Crippen molar-refractivity contribution in [2.75, 3.05) is 0 Å². The minimum Gasteiger partial charge on any atom is -0.369 e. The van der Waals surface area contributed by atoms with Crippen molar-refractivity contribution < 1.29 is 0 Å². The molecule has 5 nitrogen and oxygen atoms in total. The Morgan fingerprint density at radius 2 is 2.00 bits per heavy atom. The van der Waals surface area contributed by atoms with Gasteiger partial charge in [-0.15, -0.1) is 0 Å². The molecule has 2 aromatic rings. The molecule has 146 valence electrons. The second-order valence-electron chi connectivity index (χ2n) is 7.23. The summed E-state index contributed by atoms with van der Waals surface area (Å²) in [6.07, 6.45) is 7.10. The number of aromatic nitrogens is 1. The predicted octanol–water partition coefficient (Wildman–Crippen LogP) is 4.88. The third kappa shape index (κ3) is 6.14. The topological polar surface area (TPSA) is 79.2 Å². The van der Waals surface area contributed by atoms with Crippen molar-refractivity contribution in [2.45, 2.75) is 52.9 Å². The van der Waals surface area contributed by atoms with Gasteiger partial charge in [0, 0.05) is 5.69 Å². The van der Waals surface area contributed by atoms with Crippen molar-refractivity contribution in [2.24, 2.45) is 16.8 Å². The van der Waals surface area contributed by atoms with Gasteiger partial charge in [-0.05, 0) is 54.5 Å². The fourth-order valence-electron chi connectivity index (χ4n) is 3.08. The van der Waals surface area contributed by atoms with E-state index in [9.17, 15) is 0 Å². The number of nitrogens with zero attached hydrogens (tertiary/aromatic N) is 2. The van der Waals surface area contributed by atoms with Crippen LogP contribution in [-0.2, 0) is 12.8 Å². The molecule has 4 N–H and O–H groups in total. The van der Waals surface area contributed by atoms with Gasteiger partial charge in [-0.2, -0.15) is 5.10 Å². The first kappa shape index (κ1) is 21.0. The van der Waals surface area contributed by atoms with Gasteiger partial charge in [0.1, 0.15) is 5.15 Å². The number of guanidine groups is 1. The van der Waals surface area contributed by atoms with Crippen molar-refractivity contribution in [3.8, 4) is 5.69 Å². The highest BCUT2D eigenvalue weighted by Gasteiger charge is 2.14. The largest absolute Gasteiger partial charge is 0.369 e. The summed E-state index contributed by atoms with van der Waals surface area (Å²) in [6.45, 7) is 6.63. The minimum absolute atomic E-state index is 0.198. The Bertz CT molecular complexity index is 775. The Morgan fingerprint density at radius 1 is 1.30 bits per heavy atom. The van der Waals surface area contributed by atoms with E-state index < -0.39 is 0 Å². The zero-order valence-electron chi connectivity index (χ0n) is 16.4. The van der Waals surface area contributed by atoms with E-state index in [0.29, 0.717) is 11.1 Å². The average Bonchev–Trinajstić information content (AvgIpc) is 2.91. The summed E-state index contributed by atoms with van der Waals surface area (Å²) >= 11 is 6.72. The van der Waals surface area contributed by atoms with E-state index in [0.717, 1.165) is 36.2 Å². The van der Waals surface area contributed by atoms with Crippen LogP contribution in [-0.4, -0.2) is 16.7 Å². The van der Waals surface area contributed by atoms with E-state index in [4.69, 9.17) is 22.7 Å². The monoisotopic (exact) mass is 387 g/mol. The number of aryl methyl sites for hydroxylation is 1. The standard InChI is InChI=1S/C21H30ClN5/c1-4-5-6-7-17-13-19(14-25-26-21(23)24)27(20(17)22)18-10-8-16(9-11-18)12-15(2)3/h8-11,13-15H,4-7,12H2,1-3H3,(H4,23,24,26)/b25-14+. The zero-order chi connectivity index (χ0) is 19.8. The van der Waals surface area contributed by atoms with Crippen LogP contribution < -0.4 is 11.2 Å². The van der Waals surface area contributed by atoms with Crippen LogP contribution in [0.25, 0.3) is 5.69 Å². The number of nitrogens with two attached hydrogens (primary N) is 1. The zero-order valence-corrected chi connectivity index (χ0v) is 17.2. The van der Waals surface area contributed by atoms with Gasteiger partial charge in [0.2, 0.25) is 5.96 Å². The molecule has 1 heterocycles. The van der Waals surface area contributed by atoms with Gasteiger partial charge in [-0.3, -0.25) is 9.98 Å². The summed E-state index contributed by atoms with van der Waals surface area (Å²) in [5, 5.41) is 12.0. The third-order valence-corrected chi connectivity index (χ3v) is 4.72. The van der Waals surface area contributed by atoms with Gasteiger partial charge in [0.15, 0.2) is 0 Å². The number of rotatable bonds is 9. The number of hydrogen-bond acceptors (Lipinski definition) is 2. The molecule has 0 amide bonds. The summed E-state index contributed by atoms with van der Waals surface area (Å²) in [5.74, 6) is 0.424. The van der Waals surface area contributed by atoms with Crippen molar-refractivity contribution in [3.05, 3.63) is 52.3 Å². The molecule has 0 aliphatic heterocycles. The first-order valence-electron chi connectivity index (χ1n) is 9.54. The van der Waals surface area contributed by atoms with E-state index in [1.165, 1.54) is 18.4 Å². The van der Waals surface area contributed by atoms with Crippen LogP contribution in [0.15, 0.2) is 35.4 Å². The third-order valence-electron chi connectivity index (χ3n) is 4.31. The molecule has 2 rings (SSSR count). The molecular formula is C21H30ClN5. The van der Waals surface area contributed by atoms with Crippen LogP contribution in [0.5, 0.6) is 0 Å². The van der Waals surface area contributed by atoms with Gasteiger partial charge < -0.3 is 5.73 Å². The smallest absolute Gasteiger partial charge is 0.206 e. The molecule has 1 aromatic carbocycles. The highest BCUT2D eigenvalue weighted by atomic mass is 35.5. The number of benzene rings is 1. The van der Waals surface area contributed by atoms with Gasteiger partial charge in [-0.25, -0.2) is 5.43 Å². The van der Waals surface area contributed by atoms with E-state index >= 15 is 0 Å². The molecule has 6 heteroatoms. The van der Waals surface area contributed by atoms with Crippen LogP contribution in [0.4, 0.5) is 0 Å². The molecule has 0 unspecified atom stereocenters. The number of halogens is 1. The van der Waals surface area contributed by atoms with E-state index in [1.54, 1.807) is 6.21 Å². The van der Waals surface area contributed by atoms with E-state index in [1.807, 2.05) is 4.57 Å². The van der Waals surface area contributed by atoms with Crippen molar-refractivity contribution in [3.63, 3.8) is 0 Å². The van der Waals surface area contributed by atoms with Gasteiger partial charge in [0.25, 0.3) is 0 Å². The molecule has 0 saturated heterocycles. The van der Waals surface area contributed by atoms with Gasteiger partial charge >= 0.3 is 0 Å². The molecule has 0 bridgehead atoms. The Kier molecular flexibility index (Phi) is 7.92. The van der Waals surface area contributed by atoms with Crippen molar-refractivity contribution in [1.29, 1.82) is 5.41 Å². The van der Waals surface area contributed by atoms with Crippen LogP contribution in [0.3, 0.4) is 0 Å². The quantitative estimate of drug-likeness (QED) is 0.248. The fraction of sp³-hybridized carbons (Fsp3) is 0.429. The first-order valence-corrected chi connectivity index (χ1v) is 9.92. The molecule has 0 fully saturated rings. The van der Waals surface area contributed by atoms with Crippen molar-refractivity contribution >= 4 is 23.8 Å². The van der Waals surface area contributed by atoms with E-state index in [-0.39, 0.29) is 5.96 Å². The van der Waals surface area contributed by atoms with E-state index in [2.05, 4.69) is 61.6 Å². The second-order valence-corrected chi connectivity index (χ2v) is 7.58. The molecule has 0 atom stereocenters. The Hall–Kier alpha value is -2.27. The SMILES string of the molecule is CCCCCc1cc(/C=N/NC(=N)N)n(-c2ccc(CC(C)C)cc2)c1Cl. The summed E-state index contributed by atoms with van der Waals surface area (Å²) in [5.41, 5.74) is 12.0. The molecular weight excluding hydrogens is 358 g/mol. The van der Waals surface area contributed by atoms with Crippen LogP contribution in [0.1, 0.15) is 56.9 Å². The number of hydrazone groups is 1. The second kappa shape index (κ2) is 10.2. The number of unbranched alkanes of at least 4 members (excludes halogenated alkanes) is 2. The maximum Gasteiger partial charge on any atom is 0.206 e. The number of nitrogens with one attached hydrogen (secondary N) is 2. The highest BCUT2D eigenvalue weighted by Crippen LogP contribution is 2.27. The van der Waals surface area contributed by atoms with Gasteiger partial charge in [-0.1, -0.05) is 57.3 Å². The lowest BCUT2D eigenvalue weighted by Gasteiger charge is -2.11. The lowest BCUT2D eigenvalue weighted by molar-refractivity contribution is 0.647. The van der Waals surface area contributed by atoms with Crippen LogP contribution >= 0.6 is 11.6 Å². The molecule has 0 saturated carbocycles. The van der Waals surface area contributed by atoms with Crippen molar-refractivity contribution in [1.82, 2.24) is 9.99 Å². The molecule has 1 aromatic heterocycles. The summed E-state index contributed by atoms with van der Waals surface area (Å²) in [6, 6.07) is 10.5. The number of hydrogen-bond donors (Lipinski definition) is 3. The highest BCUT2D eigenvalue weighted by molar-refractivity contribution is 6.31. The lowest BCUT2D eigenvalue weighted by atomic mass is 10.0. The maximum absolute atomic E-state index is 7.24. The first-order chi connectivity index (χ1) is 12.9. The average molecular weight is 388 g/mol. The molecule has 0 radical (unpaired) electrons. The lowest BCUT2D eigenvalue weighted by Crippen LogP contribution is -2.25. The Labute approximate surface area is 167 Å². The predicted molar refractivity (Wildman–Crippen MR) is 115 cm³/mol. The molecule has 0 aliphatic rings. The van der Waals surface area contributed by atoms with Gasteiger partial charge in [0.05, 0.1) is 11.9 Å². The molecule has 27 heavy (non-hydrogen) atoms.